The van der Waals surface area contributed by atoms with Gasteiger partial charge in [0.2, 0.25) is 5.91 Å². The molecule has 0 aromatic heterocycles. The van der Waals surface area contributed by atoms with Crippen molar-refractivity contribution in [3.8, 4) is 0 Å². The zero-order valence-corrected chi connectivity index (χ0v) is 15.0. The Kier molecular flexibility index (Phi) is 6.40. The van der Waals surface area contributed by atoms with Gasteiger partial charge in [-0.15, -0.1) is 0 Å². The molecule has 0 aliphatic carbocycles. The van der Waals surface area contributed by atoms with E-state index < -0.39 is 6.09 Å². The summed E-state index contributed by atoms with van der Waals surface area (Å²) in [7, 11) is 1.21. The summed E-state index contributed by atoms with van der Waals surface area (Å²) in [4.78, 5) is 35.2. The van der Waals surface area contributed by atoms with E-state index in [1.54, 1.807) is 42.5 Å². The van der Waals surface area contributed by atoms with Crippen LogP contribution in [0.15, 0.2) is 48.5 Å². The maximum atomic E-state index is 12.6. The van der Waals surface area contributed by atoms with E-state index in [9.17, 15) is 14.4 Å². The molecule has 2 rings (SSSR count). The standard InChI is InChI=1S/C18H17N3O4S/c1-11(22)19-15-10-13(16(23)12-6-4-3-5-7-12)8-9-14(15)20-17(26)21-18(24)25-2/h3-10H,1-2H3,(H,19,22)(H2,20,21,24,26). The van der Waals surface area contributed by atoms with Gasteiger partial charge in [0.25, 0.3) is 0 Å². The maximum Gasteiger partial charge on any atom is 0.413 e. The highest BCUT2D eigenvalue weighted by Gasteiger charge is 2.14. The number of methoxy groups -OCH3 is 1. The number of carbonyl (C=O) groups excluding carboxylic acids is 3. The molecule has 134 valence electrons. The number of anilines is 2. The molecule has 7 nitrogen and oxygen atoms in total. The van der Waals surface area contributed by atoms with Crippen LogP contribution < -0.4 is 16.0 Å². The van der Waals surface area contributed by atoms with Crippen LogP contribution in [0.2, 0.25) is 0 Å². The summed E-state index contributed by atoms with van der Waals surface area (Å²) in [5.74, 6) is -0.497. The Morgan fingerprint density at radius 2 is 1.62 bits per heavy atom. The van der Waals surface area contributed by atoms with Crippen LogP contribution in [0, 0.1) is 0 Å². The second-order valence-electron chi connectivity index (χ2n) is 5.21. The number of ketones is 1. The Labute approximate surface area is 155 Å². The van der Waals surface area contributed by atoms with E-state index in [0.717, 1.165) is 0 Å². The van der Waals surface area contributed by atoms with Crippen LogP contribution in [0.4, 0.5) is 16.2 Å². The van der Waals surface area contributed by atoms with E-state index in [2.05, 4.69) is 20.7 Å². The van der Waals surface area contributed by atoms with Crippen molar-refractivity contribution in [2.75, 3.05) is 17.7 Å². The van der Waals surface area contributed by atoms with Crippen LogP contribution in [-0.2, 0) is 9.53 Å². The second-order valence-corrected chi connectivity index (χ2v) is 5.62. The lowest BCUT2D eigenvalue weighted by Crippen LogP contribution is -2.34. The molecule has 3 N–H and O–H groups in total. The topological polar surface area (TPSA) is 96.5 Å². The molecule has 0 radical (unpaired) electrons. The summed E-state index contributed by atoms with van der Waals surface area (Å²) in [6.07, 6.45) is -0.723. The molecule has 2 aromatic carbocycles. The number of hydrogen-bond donors (Lipinski definition) is 3. The van der Waals surface area contributed by atoms with Crippen molar-refractivity contribution in [3.05, 3.63) is 59.7 Å². The average molecular weight is 371 g/mol. The third-order valence-corrected chi connectivity index (χ3v) is 3.48. The van der Waals surface area contributed by atoms with Gasteiger partial charge in [0.1, 0.15) is 0 Å². The molecule has 0 aliphatic rings. The van der Waals surface area contributed by atoms with E-state index in [4.69, 9.17) is 12.2 Å². The van der Waals surface area contributed by atoms with Crippen LogP contribution in [0.1, 0.15) is 22.8 Å². The fraction of sp³-hybridized carbons (Fsp3) is 0.111. The lowest BCUT2D eigenvalue weighted by molar-refractivity contribution is -0.114. The third kappa shape index (κ3) is 5.12. The first-order chi connectivity index (χ1) is 12.4. The third-order valence-electron chi connectivity index (χ3n) is 3.28. The van der Waals surface area contributed by atoms with Gasteiger partial charge in [-0.3, -0.25) is 14.9 Å². The molecular formula is C18H17N3O4S. The van der Waals surface area contributed by atoms with Crippen LogP contribution in [0.3, 0.4) is 0 Å². The van der Waals surface area contributed by atoms with Crippen LogP contribution in [0.5, 0.6) is 0 Å². The maximum absolute atomic E-state index is 12.6. The SMILES string of the molecule is COC(=O)NC(=S)Nc1ccc(C(=O)c2ccccc2)cc1NC(C)=O. The number of carbonyl (C=O) groups is 3. The highest BCUT2D eigenvalue weighted by atomic mass is 32.1. The Morgan fingerprint density at radius 3 is 2.23 bits per heavy atom. The highest BCUT2D eigenvalue weighted by molar-refractivity contribution is 7.80. The largest absolute Gasteiger partial charge is 0.453 e. The Balaban J connectivity index is 2.29. The minimum atomic E-state index is -0.723. The number of thiocarbonyl (C=S) groups is 1. The van der Waals surface area contributed by atoms with Crippen molar-refractivity contribution in [3.63, 3.8) is 0 Å². The summed E-state index contributed by atoms with van der Waals surface area (Å²) >= 11 is 5.01. The number of nitrogens with one attached hydrogen (secondary N) is 3. The Morgan fingerprint density at radius 1 is 0.923 bits per heavy atom. The first kappa shape index (κ1) is 19.1. The fourth-order valence-electron chi connectivity index (χ4n) is 2.14. The van der Waals surface area contributed by atoms with Gasteiger partial charge >= 0.3 is 6.09 Å². The molecule has 26 heavy (non-hydrogen) atoms. The van der Waals surface area contributed by atoms with Crippen LogP contribution in [-0.4, -0.2) is 30.0 Å². The highest BCUT2D eigenvalue weighted by Crippen LogP contribution is 2.25. The number of amides is 2. The van der Waals surface area contributed by atoms with Crippen LogP contribution in [0.25, 0.3) is 0 Å². The zero-order valence-electron chi connectivity index (χ0n) is 14.2. The van der Waals surface area contributed by atoms with Gasteiger partial charge in [0, 0.05) is 18.1 Å². The number of ether oxygens (including phenoxy) is 1. The molecule has 0 saturated carbocycles. The van der Waals surface area contributed by atoms with E-state index >= 15 is 0 Å². The van der Waals surface area contributed by atoms with Gasteiger partial charge in [-0.1, -0.05) is 30.3 Å². The van der Waals surface area contributed by atoms with Crippen molar-refractivity contribution >= 4 is 46.5 Å². The smallest absolute Gasteiger partial charge is 0.413 e. The molecule has 2 aromatic rings. The number of benzene rings is 2. The summed E-state index contributed by atoms with van der Waals surface area (Å²) in [5.41, 5.74) is 1.71. The minimum absolute atomic E-state index is 0.00871. The lowest BCUT2D eigenvalue weighted by atomic mass is 10.0. The molecule has 8 heteroatoms. The molecule has 0 heterocycles. The quantitative estimate of drug-likeness (QED) is 0.565. The van der Waals surface area contributed by atoms with Gasteiger partial charge in [-0.25, -0.2) is 4.79 Å². The van der Waals surface area contributed by atoms with E-state index in [1.165, 1.54) is 14.0 Å². The summed E-state index contributed by atoms with van der Waals surface area (Å²) in [6, 6.07) is 13.5. The fourth-order valence-corrected chi connectivity index (χ4v) is 2.33. The Hall–Kier alpha value is -3.26. The van der Waals surface area contributed by atoms with Crippen molar-refractivity contribution < 1.29 is 19.1 Å². The Bertz CT molecular complexity index is 853. The first-order valence-corrected chi connectivity index (χ1v) is 7.99. The molecule has 0 aliphatic heterocycles. The van der Waals surface area contributed by atoms with E-state index in [0.29, 0.717) is 22.5 Å². The van der Waals surface area contributed by atoms with Crippen molar-refractivity contribution in [2.24, 2.45) is 0 Å². The predicted molar refractivity (Wildman–Crippen MR) is 102 cm³/mol. The molecule has 0 bridgehead atoms. The van der Waals surface area contributed by atoms with Crippen molar-refractivity contribution in [2.45, 2.75) is 6.92 Å². The van der Waals surface area contributed by atoms with Crippen LogP contribution >= 0.6 is 12.2 Å². The molecule has 0 atom stereocenters. The molecule has 0 fully saturated rings. The lowest BCUT2D eigenvalue weighted by Gasteiger charge is -2.14. The molecule has 0 saturated heterocycles. The van der Waals surface area contributed by atoms with Gasteiger partial charge in [0.05, 0.1) is 18.5 Å². The molecular weight excluding hydrogens is 354 g/mol. The zero-order chi connectivity index (χ0) is 19.1. The van der Waals surface area contributed by atoms with Crippen molar-refractivity contribution in [1.82, 2.24) is 5.32 Å². The average Bonchev–Trinajstić information content (AvgIpc) is 2.62. The van der Waals surface area contributed by atoms with E-state index in [1.807, 2.05) is 6.07 Å². The van der Waals surface area contributed by atoms with Crippen molar-refractivity contribution in [1.29, 1.82) is 0 Å². The molecule has 0 spiro atoms. The second kappa shape index (κ2) is 8.72. The first-order valence-electron chi connectivity index (χ1n) is 7.58. The van der Waals surface area contributed by atoms with Gasteiger partial charge in [-0.2, -0.15) is 0 Å². The normalized spacial score (nSPS) is 9.77. The molecule has 2 amide bonds. The number of rotatable bonds is 4. The summed E-state index contributed by atoms with van der Waals surface area (Å²) in [5, 5.41) is 7.71. The monoisotopic (exact) mass is 371 g/mol. The summed E-state index contributed by atoms with van der Waals surface area (Å²) in [6.45, 7) is 1.35. The van der Waals surface area contributed by atoms with Gasteiger partial charge < -0.3 is 15.4 Å². The van der Waals surface area contributed by atoms with Gasteiger partial charge in [0.15, 0.2) is 10.9 Å². The number of hydrogen-bond acceptors (Lipinski definition) is 5. The number of alkyl carbamates (subject to hydrolysis) is 1. The molecule has 0 unspecified atom stereocenters. The summed E-state index contributed by atoms with van der Waals surface area (Å²) < 4.78 is 4.46. The predicted octanol–water partition coefficient (Wildman–Crippen LogP) is 2.93. The minimum Gasteiger partial charge on any atom is -0.453 e. The van der Waals surface area contributed by atoms with Gasteiger partial charge in [-0.05, 0) is 30.4 Å². The van der Waals surface area contributed by atoms with E-state index in [-0.39, 0.29) is 16.8 Å².